The van der Waals surface area contributed by atoms with E-state index in [0.717, 1.165) is 34.6 Å². The summed E-state index contributed by atoms with van der Waals surface area (Å²) in [6, 6.07) is 5.77. The van der Waals surface area contributed by atoms with Crippen LogP contribution in [0, 0.1) is 13.8 Å². The summed E-state index contributed by atoms with van der Waals surface area (Å²) in [6.45, 7) is 7.19. The fourth-order valence-corrected chi connectivity index (χ4v) is 3.68. The van der Waals surface area contributed by atoms with Crippen LogP contribution in [0.5, 0.6) is 0 Å². The van der Waals surface area contributed by atoms with Crippen molar-refractivity contribution in [1.82, 2.24) is 24.4 Å². The molecular formula is C20H20ClN5O. The van der Waals surface area contributed by atoms with Crippen molar-refractivity contribution in [2.45, 2.75) is 39.9 Å². The van der Waals surface area contributed by atoms with Gasteiger partial charge in [0.25, 0.3) is 5.91 Å². The van der Waals surface area contributed by atoms with Crippen LogP contribution < -0.4 is 0 Å². The van der Waals surface area contributed by atoms with Crippen molar-refractivity contribution in [3.05, 3.63) is 64.7 Å². The van der Waals surface area contributed by atoms with Gasteiger partial charge < -0.3 is 9.47 Å². The number of hydrogen-bond donors (Lipinski definition) is 0. The number of aryl methyl sites for hydroxylation is 2. The molecule has 4 rings (SSSR count). The quantitative estimate of drug-likeness (QED) is 0.649. The highest BCUT2D eigenvalue weighted by Gasteiger charge is 2.31. The van der Waals surface area contributed by atoms with Crippen molar-refractivity contribution in [3.8, 4) is 11.1 Å². The molecule has 1 aliphatic heterocycles. The maximum absolute atomic E-state index is 13.1. The normalized spacial score (nSPS) is 16.5. The average Bonchev–Trinajstić information content (AvgIpc) is 3.04. The van der Waals surface area contributed by atoms with Crippen LogP contribution in [0.15, 0.2) is 36.9 Å². The second-order valence-corrected chi connectivity index (χ2v) is 7.41. The molecular weight excluding hydrogens is 362 g/mol. The van der Waals surface area contributed by atoms with Crippen molar-refractivity contribution in [1.29, 1.82) is 0 Å². The van der Waals surface area contributed by atoms with E-state index in [1.54, 1.807) is 12.5 Å². The van der Waals surface area contributed by atoms with E-state index in [-0.39, 0.29) is 11.9 Å². The summed E-state index contributed by atoms with van der Waals surface area (Å²) < 4.78 is 2.03. The lowest BCUT2D eigenvalue weighted by molar-refractivity contribution is 0.0592. The lowest BCUT2D eigenvalue weighted by Gasteiger charge is -2.34. The monoisotopic (exact) mass is 381 g/mol. The number of fused-ring (bicyclic) bond motifs is 1. The molecule has 6 nitrogen and oxygen atoms in total. The van der Waals surface area contributed by atoms with Gasteiger partial charge in [0.2, 0.25) is 0 Å². The third-order valence-electron chi connectivity index (χ3n) is 4.94. The molecule has 0 N–H and O–H groups in total. The first-order valence-electron chi connectivity index (χ1n) is 8.83. The minimum atomic E-state index is 0.00840. The largest absolute Gasteiger partial charge is 0.341 e. The zero-order chi connectivity index (χ0) is 19.1. The van der Waals surface area contributed by atoms with Crippen LogP contribution in [0.2, 0.25) is 5.15 Å². The van der Waals surface area contributed by atoms with Crippen LogP contribution >= 0.6 is 11.6 Å². The van der Waals surface area contributed by atoms with Crippen molar-refractivity contribution < 1.29 is 4.79 Å². The lowest BCUT2D eigenvalue weighted by atomic mass is 10.1. The Balaban J connectivity index is 1.67. The Kier molecular flexibility index (Phi) is 4.44. The lowest BCUT2D eigenvalue weighted by Crippen LogP contribution is -2.45. The molecule has 1 atom stereocenters. The summed E-state index contributed by atoms with van der Waals surface area (Å²) in [5, 5.41) is 0.445. The maximum Gasteiger partial charge on any atom is 0.271 e. The third-order valence-corrected chi connectivity index (χ3v) is 5.15. The number of rotatable bonds is 3. The number of carbonyl (C=O) groups excluding carboxylic acids is 1. The second-order valence-electron chi connectivity index (χ2n) is 7.02. The van der Waals surface area contributed by atoms with Gasteiger partial charge in [-0.15, -0.1) is 0 Å². The summed E-state index contributed by atoms with van der Waals surface area (Å²) >= 11 is 6.07. The van der Waals surface area contributed by atoms with Gasteiger partial charge in [-0.25, -0.2) is 15.0 Å². The molecule has 0 aliphatic carbocycles. The smallest absolute Gasteiger partial charge is 0.271 e. The summed E-state index contributed by atoms with van der Waals surface area (Å²) in [7, 11) is 0. The topological polar surface area (TPSA) is 63.9 Å². The Labute approximate surface area is 162 Å². The van der Waals surface area contributed by atoms with Gasteiger partial charge in [-0.1, -0.05) is 11.6 Å². The highest BCUT2D eigenvalue weighted by atomic mass is 35.5. The number of pyridine rings is 1. The second kappa shape index (κ2) is 6.78. The predicted molar refractivity (Wildman–Crippen MR) is 104 cm³/mol. The van der Waals surface area contributed by atoms with Gasteiger partial charge >= 0.3 is 0 Å². The first-order chi connectivity index (χ1) is 12.9. The molecule has 3 aromatic rings. The van der Waals surface area contributed by atoms with E-state index in [9.17, 15) is 4.79 Å². The van der Waals surface area contributed by atoms with Crippen molar-refractivity contribution in [2.24, 2.45) is 0 Å². The number of hydrogen-bond acceptors (Lipinski definition) is 4. The standard InChI is InChI=1S/C20H20ClN5O/c1-12-7-22-19(21)6-17(12)15-5-18-20(27)26(14(3)8-25(18)9-15)10-16-4-13(2)23-11-24-16/h4-7,9,11,14H,8,10H2,1-3H3/t14-/m0/s1. The predicted octanol–water partition coefficient (Wildman–Crippen LogP) is 3.65. The molecule has 0 spiro atoms. The van der Waals surface area contributed by atoms with Crippen LogP contribution in [0.25, 0.3) is 11.1 Å². The molecule has 0 radical (unpaired) electrons. The molecule has 7 heteroatoms. The Hall–Kier alpha value is -2.73. The Morgan fingerprint density at radius 2 is 2.00 bits per heavy atom. The first kappa shape index (κ1) is 17.7. The van der Waals surface area contributed by atoms with Gasteiger partial charge in [0.1, 0.15) is 17.2 Å². The fourth-order valence-electron chi connectivity index (χ4n) is 3.53. The van der Waals surface area contributed by atoms with Gasteiger partial charge in [0.15, 0.2) is 0 Å². The van der Waals surface area contributed by atoms with Crippen molar-refractivity contribution >= 4 is 17.5 Å². The van der Waals surface area contributed by atoms with Gasteiger partial charge in [-0.2, -0.15) is 0 Å². The van der Waals surface area contributed by atoms with Gasteiger partial charge in [0, 0.05) is 36.2 Å². The zero-order valence-corrected chi connectivity index (χ0v) is 16.2. The highest BCUT2D eigenvalue weighted by molar-refractivity contribution is 6.29. The van der Waals surface area contributed by atoms with Crippen molar-refractivity contribution in [2.75, 3.05) is 0 Å². The summed E-state index contributed by atoms with van der Waals surface area (Å²) in [6.07, 6.45) is 5.32. The van der Waals surface area contributed by atoms with E-state index >= 15 is 0 Å². The molecule has 0 aromatic carbocycles. The number of halogens is 1. The minimum absolute atomic E-state index is 0.00840. The molecule has 1 amide bonds. The van der Waals surface area contributed by atoms with Crippen LogP contribution in [-0.2, 0) is 13.1 Å². The summed E-state index contributed by atoms with van der Waals surface area (Å²) in [4.78, 5) is 27.5. The van der Waals surface area contributed by atoms with E-state index in [2.05, 4.69) is 21.9 Å². The molecule has 3 aromatic heterocycles. The van der Waals surface area contributed by atoms with Gasteiger partial charge in [0.05, 0.1) is 12.2 Å². The number of nitrogens with zero attached hydrogens (tertiary/aromatic N) is 5. The molecule has 0 fully saturated rings. The Morgan fingerprint density at radius 3 is 2.78 bits per heavy atom. The Morgan fingerprint density at radius 1 is 1.19 bits per heavy atom. The van der Waals surface area contributed by atoms with Crippen molar-refractivity contribution in [3.63, 3.8) is 0 Å². The average molecular weight is 382 g/mol. The number of amides is 1. The Bertz CT molecular complexity index is 1030. The SMILES string of the molecule is Cc1cc(CN2C(=O)c3cc(-c4cc(Cl)ncc4C)cn3C[C@@H]2C)ncn1. The molecule has 0 unspecified atom stereocenters. The summed E-state index contributed by atoms with van der Waals surface area (Å²) in [5.41, 5.74) is 5.42. The molecule has 138 valence electrons. The van der Waals surface area contributed by atoms with E-state index in [4.69, 9.17) is 11.6 Å². The van der Waals surface area contributed by atoms with E-state index in [1.807, 2.05) is 47.7 Å². The molecule has 1 aliphatic rings. The zero-order valence-electron chi connectivity index (χ0n) is 15.5. The third kappa shape index (κ3) is 3.32. The number of carbonyl (C=O) groups is 1. The van der Waals surface area contributed by atoms with E-state index < -0.39 is 0 Å². The minimum Gasteiger partial charge on any atom is -0.341 e. The molecule has 0 bridgehead atoms. The van der Waals surface area contributed by atoms with Gasteiger partial charge in [-0.05, 0) is 50.1 Å². The first-order valence-corrected chi connectivity index (χ1v) is 9.21. The van der Waals surface area contributed by atoms with E-state index in [1.165, 1.54) is 0 Å². The van der Waals surface area contributed by atoms with Gasteiger partial charge in [-0.3, -0.25) is 4.79 Å². The molecule has 0 saturated heterocycles. The molecule has 4 heterocycles. The van der Waals surface area contributed by atoms with E-state index in [0.29, 0.717) is 17.4 Å². The van der Waals surface area contributed by atoms with Crippen LogP contribution in [0.4, 0.5) is 0 Å². The van der Waals surface area contributed by atoms with Crippen LogP contribution in [-0.4, -0.2) is 36.4 Å². The fraction of sp³-hybridized carbons (Fsp3) is 0.300. The maximum atomic E-state index is 13.1. The summed E-state index contributed by atoms with van der Waals surface area (Å²) in [5.74, 6) is 0.00840. The number of aromatic nitrogens is 4. The highest BCUT2D eigenvalue weighted by Crippen LogP contribution is 2.30. The molecule has 0 saturated carbocycles. The van der Waals surface area contributed by atoms with Crippen LogP contribution in [0.1, 0.15) is 34.4 Å². The molecule has 27 heavy (non-hydrogen) atoms. The van der Waals surface area contributed by atoms with Crippen LogP contribution in [0.3, 0.4) is 0 Å².